The van der Waals surface area contributed by atoms with Crippen molar-refractivity contribution < 1.29 is 14.7 Å². The van der Waals surface area contributed by atoms with Crippen molar-refractivity contribution in [1.29, 1.82) is 0 Å². The molecule has 2 aliphatic rings. The van der Waals surface area contributed by atoms with Crippen LogP contribution in [0.1, 0.15) is 44.9 Å². The van der Waals surface area contributed by atoms with Gasteiger partial charge in [0.05, 0.1) is 0 Å². The minimum atomic E-state index is -0.952. The molecule has 1 amide bonds. The van der Waals surface area contributed by atoms with Crippen molar-refractivity contribution in [2.45, 2.75) is 50.5 Å². The van der Waals surface area contributed by atoms with E-state index in [9.17, 15) is 9.59 Å². The number of carboxylic acid groups (broad SMARTS) is 1. The molecule has 0 bridgehead atoms. The van der Waals surface area contributed by atoms with E-state index < -0.39 is 11.5 Å². The molecule has 84 valence electrons. The zero-order valence-electron chi connectivity index (χ0n) is 8.79. The molecule has 0 spiro atoms. The van der Waals surface area contributed by atoms with Crippen LogP contribution in [0.15, 0.2) is 0 Å². The molecule has 2 N–H and O–H groups in total. The van der Waals surface area contributed by atoms with E-state index in [2.05, 4.69) is 5.32 Å². The number of nitrogens with one attached hydrogen (secondary N) is 1. The third-order valence-corrected chi connectivity index (χ3v) is 3.42. The highest BCUT2D eigenvalue weighted by atomic mass is 16.4. The second-order valence-electron chi connectivity index (χ2n) is 4.79. The Balaban J connectivity index is 1.93. The SMILES string of the molecule is O=C(CC1CC1)NC1(C(=O)O)CCCC1. The number of rotatable bonds is 4. The molecule has 2 saturated carbocycles. The molecule has 0 aliphatic heterocycles. The first kappa shape index (κ1) is 10.5. The Kier molecular flexibility index (Phi) is 2.67. The van der Waals surface area contributed by atoms with Crippen LogP contribution in [0.25, 0.3) is 0 Å². The lowest BCUT2D eigenvalue weighted by Crippen LogP contribution is -2.52. The first-order valence-electron chi connectivity index (χ1n) is 5.67. The van der Waals surface area contributed by atoms with Gasteiger partial charge in [-0.1, -0.05) is 12.8 Å². The molecule has 2 aliphatic carbocycles. The fourth-order valence-corrected chi connectivity index (χ4v) is 2.27. The molecule has 15 heavy (non-hydrogen) atoms. The van der Waals surface area contributed by atoms with Crippen LogP contribution < -0.4 is 5.32 Å². The lowest BCUT2D eigenvalue weighted by Gasteiger charge is -2.25. The Morgan fingerprint density at radius 2 is 1.87 bits per heavy atom. The van der Waals surface area contributed by atoms with Crippen molar-refractivity contribution in [2.75, 3.05) is 0 Å². The van der Waals surface area contributed by atoms with Crippen molar-refractivity contribution in [3.8, 4) is 0 Å². The largest absolute Gasteiger partial charge is 0.480 e. The van der Waals surface area contributed by atoms with Crippen molar-refractivity contribution in [2.24, 2.45) is 5.92 Å². The second kappa shape index (κ2) is 3.83. The van der Waals surface area contributed by atoms with Gasteiger partial charge in [0.1, 0.15) is 5.54 Å². The molecular formula is C11H17NO3. The van der Waals surface area contributed by atoms with E-state index in [-0.39, 0.29) is 5.91 Å². The predicted molar refractivity (Wildman–Crippen MR) is 54.3 cm³/mol. The van der Waals surface area contributed by atoms with E-state index in [1.165, 1.54) is 0 Å². The Labute approximate surface area is 89.0 Å². The van der Waals surface area contributed by atoms with Crippen LogP contribution in [0.2, 0.25) is 0 Å². The maximum Gasteiger partial charge on any atom is 0.329 e. The third-order valence-electron chi connectivity index (χ3n) is 3.42. The van der Waals surface area contributed by atoms with Crippen molar-refractivity contribution in [3.05, 3.63) is 0 Å². The molecule has 4 nitrogen and oxygen atoms in total. The summed E-state index contributed by atoms with van der Waals surface area (Å²) in [6, 6.07) is 0. The van der Waals surface area contributed by atoms with Gasteiger partial charge in [-0.25, -0.2) is 4.79 Å². The average Bonchev–Trinajstić information content (AvgIpc) is 2.82. The quantitative estimate of drug-likeness (QED) is 0.736. The molecule has 2 fully saturated rings. The number of hydrogen-bond acceptors (Lipinski definition) is 2. The van der Waals surface area contributed by atoms with Gasteiger partial charge in [0.2, 0.25) is 5.91 Å². The highest BCUT2D eigenvalue weighted by Gasteiger charge is 2.43. The van der Waals surface area contributed by atoms with Gasteiger partial charge in [-0.3, -0.25) is 4.79 Å². The molecule has 0 aromatic carbocycles. The fraction of sp³-hybridized carbons (Fsp3) is 0.818. The number of amides is 1. The number of carbonyl (C=O) groups is 2. The van der Waals surface area contributed by atoms with E-state index >= 15 is 0 Å². The number of carbonyl (C=O) groups excluding carboxylic acids is 1. The molecule has 0 atom stereocenters. The molecule has 0 saturated heterocycles. The Morgan fingerprint density at radius 3 is 2.33 bits per heavy atom. The number of hydrogen-bond donors (Lipinski definition) is 2. The lowest BCUT2D eigenvalue weighted by atomic mass is 9.97. The molecule has 0 aromatic heterocycles. The van der Waals surface area contributed by atoms with E-state index in [1.54, 1.807) is 0 Å². The summed E-state index contributed by atoms with van der Waals surface area (Å²) in [5.41, 5.74) is -0.952. The van der Waals surface area contributed by atoms with Gasteiger partial charge in [-0.05, 0) is 31.6 Å². The molecule has 2 rings (SSSR count). The second-order valence-corrected chi connectivity index (χ2v) is 4.79. The van der Waals surface area contributed by atoms with Crippen LogP contribution in [-0.2, 0) is 9.59 Å². The summed E-state index contributed by atoms with van der Waals surface area (Å²) < 4.78 is 0. The van der Waals surface area contributed by atoms with Gasteiger partial charge in [0.15, 0.2) is 0 Å². The lowest BCUT2D eigenvalue weighted by molar-refractivity contribution is -0.147. The summed E-state index contributed by atoms with van der Waals surface area (Å²) in [7, 11) is 0. The van der Waals surface area contributed by atoms with E-state index in [4.69, 9.17) is 5.11 Å². The van der Waals surface area contributed by atoms with Crippen LogP contribution in [0.5, 0.6) is 0 Å². The molecule has 0 heterocycles. The maximum absolute atomic E-state index is 11.6. The standard InChI is InChI=1S/C11H17NO3/c13-9(7-8-3-4-8)12-11(10(14)15)5-1-2-6-11/h8H,1-7H2,(H,12,13)(H,14,15). The minimum Gasteiger partial charge on any atom is -0.480 e. The summed E-state index contributed by atoms with van der Waals surface area (Å²) in [6.45, 7) is 0. The van der Waals surface area contributed by atoms with Crippen molar-refractivity contribution in [3.63, 3.8) is 0 Å². The number of aliphatic carboxylic acids is 1. The van der Waals surface area contributed by atoms with Gasteiger partial charge in [0.25, 0.3) is 0 Å². The summed E-state index contributed by atoms with van der Waals surface area (Å²) in [5.74, 6) is -0.441. The highest BCUT2D eigenvalue weighted by molar-refractivity contribution is 5.87. The molecular weight excluding hydrogens is 194 g/mol. The number of carboxylic acids is 1. The topological polar surface area (TPSA) is 66.4 Å². The highest BCUT2D eigenvalue weighted by Crippen LogP contribution is 2.34. The van der Waals surface area contributed by atoms with Crippen LogP contribution in [0.4, 0.5) is 0 Å². The zero-order valence-corrected chi connectivity index (χ0v) is 8.79. The third kappa shape index (κ3) is 2.30. The van der Waals surface area contributed by atoms with Crippen LogP contribution in [-0.4, -0.2) is 22.5 Å². The molecule has 0 aromatic rings. The Morgan fingerprint density at radius 1 is 1.27 bits per heavy atom. The van der Waals surface area contributed by atoms with E-state index in [0.29, 0.717) is 25.2 Å². The Bertz CT molecular complexity index is 278. The molecule has 0 radical (unpaired) electrons. The van der Waals surface area contributed by atoms with E-state index in [0.717, 1.165) is 25.7 Å². The first-order valence-corrected chi connectivity index (χ1v) is 5.67. The normalized spacial score (nSPS) is 23.7. The van der Waals surface area contributed by atoms with Crippen molar-refractivity contribution >= 4 is 11.9 Å². The fourth-order valence-electron chi connectivity index (χ4n) is 2.27. The van der Waals surface area contributed by atoms with Gasteiger partial charge in [0, 0.05) is 6.42 Å². The Hall–Kier alpha value is -1.06. The van der Waals surface area contributed by atoms with E-state index in [1.807, 2.05) is 0 Å². The summed E-state index contributed by atoms with van der Waals surface area (Å²) in [5, 5.41) is 11.9. The van der Waals surface area contributed by atoms with Crippen LogP contribution in [0, 0.1) is 5.92 Å². The maximum atomic E-state index is 11.6. The van der Waals surface area contributed by atoms with Crippen molar-refractivity contribution in [1.82, 2.24) is 5.32 Å². The average molecular weight is 211 g/mol. The summed E-state index contributed by atoms with van der Waals surface area (Å²) in [4.78, 5) is 22.7. The smallest absolute Gasteiger partial charge is 0.329 e. The monoisotopic (exact) mass is 211 g/mol. The van der Waals surface area contributed by atoms with Gasteiger partial charge in [-0.2, -0.15) is 0 Å². The van der Waals surface area contributed by atoms with Gasteiger partial charge in [-0.15, -0.1) is 0 Å². The minimum absolute atomic E-state index is 0.0817. The summed E-state index contributed by atoms with van der Waals surface area (Å²) >= 11 is 0. The van der Waals surface area contributed by atoms with Gasteiger partial charge >= 0.3 is 5.97 Å². The van der Waals surface area contributed by atoms with Crippen LogP contribution >= 0.6 is 0 Å². The first-order chi connectivity index (χ1) is 7.12. The molecule has 0 unspecified atom stereocenters. The summed E-state index contributed by atoms with van der Waals surface area (Å²) in [6.07, 6.45) is 5.71. The zero-order chi connectivity index (χ0) is 10.9. The van der Waals surface area contributed by atoms with Gasteiger partial charge < -0.3 is 10.4 Å². The predicted octanol–water partition coefficient (Wildman–Crippen LogP) is 1.30. The molecule has 4 heteroatoms. The van der Waals surface area contributed by atoms with Crippen LogP contribution in [0.3, 0.4) is 0 Å².